The van der Waals surface area contributed by atoms with Crippen molar-refractivity contribution in [2.45, 2.75) is 25.0 Å². The summed E-state index contributed by atoms with van der Waals surface area (Å²) >= 11 is 6.11. The van der Waals surface area contributed by atoms with Gasteiger partial charge in [0.15, 0.2) is 5.76 Å². The van der Waals surface area contributed by atoms with E-state index in [0.29, 0.717) is 29.7 Å². The van der Waals surface area contributed by atoms with Gasteiger partial charge >= 0.3 is 0 Å². The van der Waals surface area contributed by atoms with Crippen LogP contribution in [0.15, 0.2) is 65.1 Å². The number of carbonyl (C=O) groups is 1. The first-order chi connectivity index (χ1) is 14.1. The second-order valence-corrected chi connectivity index (χ2v) is 8.17. The van der Waals surface area contributed by atoms with Crippen molar-refractivity contribution in [2.75, 3.05) is 6.61 Å². The van der Waals surface area contributed by atoms with Crippen LogP contribution in [0.3, 0.4) is 0 Å². The Morgan fingerprint density at radius 2 is 1.76 bits per heavy atom. The third-order valence-corrected chi connectivity index (χ3v) is 5.78. The average molecular weight is 432 g/mol. The molecule has 0 saturated carbocycles. The van der Waals surface area contributed by atoms with Crippen LogP contribution in [0.5, 0.6) is 5.75 Å². The Morgan fingerprint density at radius 3 is 2.52 bits per heavy atom. The number of furan rings is 1. The van der Waals surface area contributed by atoms with Crippen LogP contribution in [0, 0.1) is 0 Å². The molecule has 0 spiro atoms. The maximum absolute atomic E-state index is 12.4. The quantitative estimate of drug-likeness (QED) is 0.532. The summed E-state index contributed by atoms with van der Waals surface area (Å²) in [6.45, 7) is 2.79. The van der Waals surface area contributed by atoms with E-state index >= 15 is 0 Å². The first-order valence-corrected chi connectivity index (χ1v) is 11.1. The number of rotatable bonds is 9. The van der Waals surface area contributed by atoms with Crippen molar-refractivity contribution in [2.24, 2.45) is 0 Å². The fourth-order valence-corrected chi connectivity index (χ4v) is 4.24. The zero-order chi connectivity index (χ0) is 20.6. The lowest BCUT2D eigenvalue weighted by molar-refractivity contribution is 0.0921. The molecule has 0 bridgehead atoms. The highest BCUT2D eigenvalue weighted by Crippen LogP contribution is 2.20. The van der Waals surface area contributed by atoms with Gasteiger partial charge in [-0.15, -0.1) is 0 Å². The number of para-hydroxylation sites is 1. The summed E-state index contributed by atoms with van der Waals surface area (Å²) in [6, 6.07) is 18.1. The van der Waals surface area contributed by atoms with Gasteiger partial charge in [-0.25, -0.2) is 0 Å². The summed E-state index contributed by atoms with van der Waals surface area (Å²) in [6.07, 6.45) is 0. The van der Waals surface area contributed by atoms with Crippen LogP contribution in [0.2, 0.25) is 5.02 Å². The molecule has 0 aliphatic rings. The van der Waals surface area contributed by atoms with Gasteiger partial charge in [0.1, 0.15) is 11.5 Å². The normalized spacial score (nSPS) is 11.8. The molecule has 3 aromatic rings. The van der Waals surface area contributed by atoms with Gasteiger partial charge in [0.25, 0.3) is 5.91 Å². The Bertz CT molecular complexity index is 1000. The molecule has 0 fully saturated rings. The van der Waals surface area contributed by atoms with Crippen molar-refractivity contribution in [3.05, 3.63) is 88.3 Å². The Morgan fingerprint density at radius 1 is 1.03 bits per heavy atom. The molecule has 29 heavy (non-hydrogen) atoms. The highest BCUT2D eigenvalue weighted by Gasteiger charge is 2.14. The molecule has 0 radical (unpaired) electrons. The van der Waals surface area contributed by atoms with Gasteiger partial charge in [0, 0.05) is 27.9 Å². The maximum Gasteiger partial charge on any atom is 0.287 e. The molecule has 1 amide bonds. The predicted molar refractivity (Wildman–Crippen MR) is 114 cm³/mol. The van der Waals surface area contributed by atoms with Crippen molar-refractivity contribution >= 4 is 28.3 Å². The number of ether oxygens (including phenoxy) is 1. The molecular weight excluding hydrogens is 410 g/mol. The third kappa shape index (κ3) is 5.95. The molecule has 0 aliphatic heterocycles. The van der Waals surface area contributed by atoms with Gasteiger partial charge in [-0.1, -0.05) is 48.0 Å². The monoisotopic (exact) mass is 431 g/mol. The molecule has 7 heteroatoms. The molecule has 152 valence electrons. The van der Waals surface area contributed by atoms with Crippen molar-refractivity contribution in [3.8, 4) is 5.75 Å². The van der Waals surface area contributed by atoms with E-state index in [1.807, 2.05) is 49.4 Å². The summed E-state index contributed by atoms with van der Waals surface area (Å²) in [4.78, 5) is 12.4. The van der Waals surface area contributed by atoms with Crippen LogP contribution >= 0.6 is 11.6 Å². The zero-order valence-corrected chi connectivity index (χ0v) is 17.6. The molecule has 1 N–H and O–H groups in total. The summed E-state index contributed by atoms with van der Waals surface area (Å²) in [5.74, 6) is 1.63. The van der Waals surface area contributed by atoms with E-state index in [2.05, 4.69) is 5.32 Å². The number of halogens is 1. The van der Waals surface area contributed by atoms with Crippen LogP contribution in [-0.4, -0.2) is 16.7 Å². The number of hydrogen-bond acceptors (Lipinski definition) is 4. The second kappa shape index (κ2) is 10.3. The fourth-order valence-electron chi connectivity index (χ4n) is 2.78. The van der Waals surface area contributed by atoms with Crippen molar-refractivity contribution in [3.63, 3.8) is 0 Å². The lowest BCUT2D eigenvalue weighted by Crippen LogP contribution is -2.22. The van der Waals surface area contributed by atoms with Gasteiger partial charge < -0.3 is 14.5 Å². The van der Waals surface area contributed by atoms with E-state index in [1.54, 1.807) is 18.2 Å². The topological polar surface area (TPSA) is 68.5 Å². The Hall–Kier alpha value is -2.57. The van der Waals surface area contributed by atoms with Crippen LogP contribution in [0.25, 0.3) is 0 Å². The van der Waals surface area contributed by atoms with Crippen LogP contribution in [0.4, 0.5) is 0 Å². The molecule has 2 aromatic carbocycles. The SMILES string of the molecule is CCOc1ccccc1CNC(=O)c1ccc(C[S@@](=O)Cc2ccccc2Cl)o1. The number of hydrogen-bond donors (Lipinski definition) is 1. The number of carbonyl (C=O) groups excluding carboxylic acids is 1. The molecule has 0 saturated heterocycles. The lowest BCUT2D eigenvalue weighted by atomic mass is 10.2. The minimum absolute atomic E-state index is 0.184. The van der Waals surface area contributed by atoms with Gasteiger partial charge in [-0.2, -0.15) is 0 Å². The molecule has 0 aliphatic carbocycles. The van der Waals surface area contributed by atoms with Gasteiger partial charge in [0.2, 0.25) is 0 Å². The van der Waals surface area contributed by atoms with Crippen molar-refractivity contribution < 1.29 is 18.2 Å². The average Bonchev–Trinajstić information content (AvgIpc) is 3.17. The summed E-state index contributed by atoms with van der Waals surface area (Å²) in [5.41, 5.74) is 1.71. The molecule has 1 aromatic heterocycles. The summed E-state index contributed by atoms with van der Waals surface area (Å²) < 4.78 is 23.5. The predicted octanol–water partition coefficient (Wildman–Crippen LogP) is 4.71. The first kappa shape index (κ1) is 21.1. The Balaban J connectivity index is 1.56. The molecule has 0 unspecified atom stereocenters. The summed E-state index contributed by atoms with van der Waals surface area (Å²) in [5, 5.41) is 3.41. The van der Waals surface area contributed by atoms with Gasteiger partial charge in [-0.05, 0) is 36.8 Å². The minimum atomic E-state index is -1.20. The first-order valence-electron chi connectivity index (χ1n) is 9.22. The van der Waals surface area contributed by atoms with E-state index in [0.717, 1.165) is 16.9 Å². The molecule has 3 rings (SSSR count). The Kier molecular flexibility index (Phi) is 7.49. The Labute approximate surface area is 177 Å². The van der Waals surface area contributed by atoms with Crippen LogP contribution < -0.4 is 10.1 Å². The standard InChI is InChI=1S/C22H22ClNO4S/c1-2-27-20-10-6-4-7-16(20)13-24-22(25)21-12-11-18(28-21)15-29(26)14-17-8-3-5-9-19(17)23/h3-12H,2,13-15H2,1H3,(H,24,25)/t29-/m0/s1. The summed E-state index contributed by atoms with van der Waals surface area (Å²) in [7, 11) is -1.20. The van der Waals surface area contributed by atoms with E-state index in [1.165, 1.54) is 0 Å². The highest BCUT2D eigenvalue weighted by atomic mass is 35.5. The molecule has 5 nitrogen and oxygen atoms in total. The van der Waals surface area contributed by atoms with Crippen molar-refractivity contribution in [1.82, 2.24) is 5.32 Å². The van der Waals surface area contributed by atoms with Crippen LogP contribution in [-0.2, 0) is 28.9 Å². The highest BCUT2D eigenvalue weighted by molar-refractivity contribution is 7.83. The third-order valence-electron chi connectivity index (χ3n) is 4.17. The maximum atomic E-state index is 12.4. The van der Waals surface area contributed by atoms with Crippen LogP contribution in [0.1, 0.15) is 34.4 Å². The number of benzene rings is 2. The smallest absolute Gasteiger partial charge is 0.287 e. The fraction of sp³-hybridized carbons (Fsp3) is 0.227. The lowest BCUT2D eigenvalue weighted by Gasteiger charge is -2.10. The second-order valence-electron chi connectivity index (χ2n) is 6.31. The molecular formula is C22H22ClNO4S. The van der Waals surface area contributed by atoms with Gasteiger partial charge in [0.05, 0.1) is 18.1 Å². The zero-order valence-electron chi connectivity index (χ0n) is 16.0. The number of nitrogens with one attached hydrogen (secondary N) is 1. The molecule has 1 heterocycles. The van der Waals surface area contributed by atoms with E-state index in [-0.39, 0.29) is 17.4 Å². The minimum Gasteiger partial charge on any atom is -0.494 e. The molecule has 1 atom stereocenters. The van der Waals surface area contributed by atoms with Crippen molar-refractivity contribution in [1.29, 1.82) is 0 Å². The number of amides is 1. The van der Waals surface area contributed by atoms with Gasteiger partial charge in [-0.3, -0.25) is 9.00 Å². The van der Waals surface area contributed by atoms with E-state index < -0.39 is 10.8 Å². The van der Waals surface area contributed by atoms with E-state index in [9.17, 15) is 9.00 Å². The van der Waals surface area contributed by atoms with E-state index in [4.69, 9.17) is 20.8 Å². The largest absolute Gasteiger partial charge is 0.494 e.